The molecule has 0 unspecified atom stereocenters. The van der Waals surface area contributed by atoms with E-state index in [1.54, 1.807) is 24.3 Å². The number of hydrogen-bond donors (Lipinski definition) is 1. The molecular weight excluding hydrogens is 422 g/mol. The summed E-state index contributed by atoms with van der Waals surface area (Å²) in [7, 11) is 0. The van der Waals surface area contributed by atoms with Crippen molar-refractivity contribution in [2.75, 3.05) is 23.4 Å². The van der Waals surface area contributed by atoms with Crippen molar-refractivity contribution in [3.05, 3.63) is 74.3 Å². The van der Waals surface area contributed by atoms with Crippen LogP contribution in [0.15, 0.2) is 58.1 Å². The summed E-state index contributed by atoms with van der Waals surface area (Å²) in [5.74, 6) is 0.551. The molecule has 4 rings (SSSR count). The predicted octanol–water partition coefficient (Wildman–Crippen LogP) is 2.25. The zero-order valence-corrected chi connectivity index (χ0v) is 17.5. The molecule has 0 saturated heterocycles. The first-order valence-electron chi connectivity index (χ1n) is 9.74. The second-order valence-corrected chi connectivity index (χ2v) is 7.29. The summed E-state index contributed by atoms with van der Waals surface area (Å²) >= 11 is 5.92. The number of carbonyl (C=O) groups is 1. The number of aromatic nitrogens is 3. The number of carbonyl (C=O) groups excluding carboxylic acids is 1. The highest BCUT2D eigenvalue weighted by Crippen LogP contribution is 2.28. The van der Waals surface area contributed by atoms with Gasteiger partial charge in [-0.15, -0.1) is 5.10 Å². The van der Waals surface area contributed by atoms with Crippen molar-refractivity contribution >= 4 is 34.8 Å². The Morgan fingerprint density at radius 2 is 1.90 bits per heavy atom. The third kappa shape index (κ3) is 4.31. The van der Waals surface area contributed by atoms with Gasteiger partial charge < -0.3 is 15.0 Å². The molecule has 1 amide bonds. The van der Waals surface area contributed by atoms with E-state index in [2.05, 4.69) is 10.4 Å². The summed E-state index contributed by atoms with van der Waals surface area (Å²) in [6.07, 6.45) is 0. The van der Waals surface area contributed by atoms with E-state index in [0.717, 1.165) is 16.1 Å². The van der Waals surface area contributed by atoms with Crippen molar-refractivity contribution in [3.63, 3.8) is 0 Å². The van der Waals surface area contributed by atoms with Crippen LogP contribution < -0.4 is 26.1 Å². The summed E-state index contributed by atoms with van der Waals surface area (Å²) < 4.78 is 7.67. The molecule has 31 heavy (non-hydrogen) atoms. The van der Waals surface area contributed by atoms with Crippen molar-refractivity contribution in [2.24, 2.45) is 0 Å². The first-order chi connectivity index (χ1) is 15.0. The third-order valence-electron chi connectivity index (χ3n) is 4.76. The largest absolute Gasteiger partial charge is 0.494 e. The van der Waals surface area contributed by atoms with Gasteiger partial charge in [0.2, 0.25) is 11.9 Å². The molecule has 0 radical (unpaired) electrons. The monoisotopic (exact) mass is 441 g/mol. The Kier molecular flexibility index (Phi) is 5.77. The fraction of sp³-hybridized carbons (Fsp3) is 0.238. The maximum atomic E-state index is 12.6. The van der Waals surface area contributed by atoms with E-state index in [4.69, 9.17) is 16.3 Å². The number of rotatable bonds is 6. The molecule has 1 aliphatic heterocycles. The molecule has 3 aromatic rings. The highest BCUT2D eigenvalue weighted by molar-refractivity contribution is 6.30. The SMILES string of the molecule is CCOc1ccc(N2CCn3c2nn(CC(=O)Nc2cccc(Cl)c2)c(=O)c3=O)cc1. The fourth-order valence-electron chi connectivity index (χ4n) is 3.37. The number of amides is 1. The Balaban J connectivity index is 1.60. The van der Waals surface area contributed by atoms with E-state index < -0.39 is 23.6 Å². The molecule has 2 aromatic carbocycles. The molecule has 1 N–H and O–H groups in total. The van der Waals surface area contributed by atoms with Gasteiger partial charge in [0.15, 0.2) is 0 Å². The van der Waals surface area contributed by atoms with Gasteiger partial charge >= 0.3 is 11.1 Å². The van der Waals surface area contributed by atoms with Crippen molar-refractivity contribution in [1.82, 2.24) is 14.3 Å². The molecular formula is C21H20ClN5O4. The Morgan fingerprint density at radius 1 is 1.13 bits per heavy atom. The van der Waals surface area contributed by atoms with Gasteiger partial charge in [-0.2, -0.15) is 0 Å². The average Bonchev–Trinajstić information content (AvgIpc) is 3.16. The van der Waals surface area contributed by atoms with E-state index in [0.29, 0.717) is 36.4 Å². The van der Waals surface area contributed by atoms with E-state index in [9.17, 15) is 14.4 Å². The van der Waals surface area contributed by atoms with Gasteiger partial charge in [-0.25, -0.2) is 4.68 Å². The highest BCUT2D eigenvalue weighted by atomic mass is 35.5. The summed E-state index contributed by atoms with van der Waals surface area (Å²) in [5, 5.41) is 7.42. The van der Waals surface area contributed by atoms with E-state index in [1.807, 2.05) is 36.1 Å². The van der Waals surface area contributed by atoms with Crippen LogP contribution in [0.5, 0.6) is 5.75 Å². The van der Waals surface area contributed by atoms with Crippen molar-refractivity contribution in [2.45, 2.75) is 20.0 Å². The number of nitrogens with zero attached hydrogens (tertiary/aromatic N) is 4. The summed E-state index contributed by atoms with van der Waals surface area (Å²) in [6.45, 7) is 2.88. The van der Waals surface area contributed by atoms with Crippen molar-refractivity contribution in [1.29, 1.82) is 0 Å². The van der Waals surface area contributed by atoms with Gasteiger partial charge in [-0.05, 0) is 49.4 Å². The highest BCUT2D eigenvalue weighted by Gasteiger charge is 2.26. The van der Waals surface area contributed by atoms with Crippen molar-refractivity contribution < 1.29 is 9.53 Å². The van der Waals surface area contributed by atoms with Crippen LogP contribution in [0.3, 0.4) is 0 Å². The zero-order valence-electron chi connectivity index (χ0n) is 16.7. The Morgan fingerprint density at radius 3 is 2.61 bits per heavy atom. The smallest absolute Gasteiger partial charge is 0.333 e. The van der Waals surface area contributed by atoms with Crippen LogP contribution in [0, 0.1) is 0 Å². The maximum absolute atomic E-state index is 12.6. The standard InChI is InChI=1S/C21H20ClN5O4/c1-2-31-17-8-6-16(7-9-17)25-10-11-26-19(29)20(30)27(24-21(25)26)13-18(28)23-15-5-3-4-14(22)12-15/h3-9,12H,2,10-11,13H2,1H3,(H,23,28). The first kappa shape index (κ1) is 20.7. The molecule has 1 aliphatic rings. The second kappa shape index (κ2) is 8.65. The quantitative estimate of drug-likeness (QED) is 0.589. The van der Waals surface area contributed by atoms with Crippen molar-refractivity contribution in [3.8, 4) is 5.75 Å². The summed E-state index contributed by atoms with van der Waals surface area (Å²) in [4.78, 5) is 39.3. The molecule has 0 saturated carbocycles. The van der Waals surface area contributed by atoms with Gasteiger partial charge in [0, 0.05) is 29.5 Å². The molecule has 0 spiro atoms. The maximum Gasteiger partial charge on any atom is 0.333 e. The second-order valence-electron chi connectivity index (χ2n) is 6.86. The van der Waals surface area contributed by atoms with Crippen LogP contribution in [-0.2, 0) is 17.9 Å². The number of anilines is 3. The molecule has 2 heterocycles. The lowest BCUT2D eigenvalue weighted by atomic mass is 10.3. The summed E-state index contributed by atoms with van der Waals surface area (Å²) in [5.41, 5.74) is -0.276. The van der Waals surface area contributed by atoms with E-state index in [1.165, 1.54) is 4.57 Å². The lowest BCUT2D eigenvalue weighted by molar-refractivity contribution is -0.117. The van der Waals surface area contributed by atoms with E-state index in [-0.39, 0.29) is 0 Å². The average molecular weight is 442 g/mol. The molecule has 10 heteroatoms. The number of halogens is 1. The van der Waals surface area contributed by atoms with Crippen LogP contribution in [0.4, 0.5) is 17.3 Å². The normalized spacial score (nSPS) is 12.5. The summed E-state index contributed by atoms with van der Waals surface area (Å²) in [6, 6.07) is 14.0. The topological polar surface area (TPSA) is 98.5 Å². The molecule has 160 valence electrons. The Hall–Kier alpha value is -3.59. The third-order valence-corrected chi connectivity index (χ3v) is 5.00. The minimum atomic E-state index is -0.849. The Labute approximate surface area is 182 Å². The van der Waals surface area contributed by atoms with Crippen LogP contribution in [0.1, 0.15) is 6.92 Å². The first-order valence-corrected chi connectivity index (χ1v) is 10.1. The predicted molar refractivity (Wildman–Crippen MR) is 117 cm³/mol. The van der Waals surface area contributed by atoms with Gasteiger partial charge in [-0.3, -0.25) is 19.0 Å². The lowest BCUT2D eigenvalue weighted by Gasteiger charge is -2.18. The number of ether oxygens (including phenoxy) is 1. The minimum absolute atomic E-state index is 0.310. The van der Waals surface area contributed by atoms with Gasteiger partial charge in [0.05, 0.1) is 6.61 Å². The van der Waals surface area contributed by atoms with Gasteiger partial charge in [-0.1, -0.05) is 17.7 Å². The number of benzene rings is 2. The minimum Gasteiger partial charge on any atom is -0.494 e. The Bertz CT molecular complexity index is 1240. The lowest BCUT2D eigenvalue weighted by Crippen LogP contribution is -2.44. The van der Waals surface area contributed by atoms with E-state index >= 15 is 0 Å². The van der Waals surface area contributed by atoms with Crippen LogP contribution in [0.2, 0.25) is 5.02 Å². The van der Waals surface area contributed by atoms with Crippen LogP contribution >= 0.6 is 11.6 Å². The molecule has 0 aliphatic carbocycles. The molecule has 0 bridgehead atoms. The zero-order chi connectivity index (χ0) is 22.0. The van der Waals surface area contributed by atoms with Gasteiger partial charge in [0.1, 0.15) is 12.3 Å². The number of hydrogen-bond acceptors (Lipinski definition) is 6. The van der Waals surface area contributed by atoms with Gasteiger partial charge in [0.25, 0.3) is 0 Å². The number of nitrogens with one attached hydrogen (secondary N) is 1. The fourth-order valence-corrected chi connectivity index (χ4v) is 3.56. The number of fused-ring (bicyclic) bond motifs is 1. The molecule has 1 aromatic heterocycles. The van der Waals surface area contributed by atoms with Crippen LogP contribution in [-0.4, -0.2) is 33.4 Å². The van der Waals surface area contributed by atoms with Crippen LogP contribution in [0.25, 0.3) is 0 Å². The molecule has 0 atom stereocenters. The molecule has 0 fully saturated rings. The molecule has 9 nitrogen and oxygen atoms in total.